The van der Waals surface area contributed by atoms with E-state index in [0.717, 1.165) is 6.07 Å². The van der Waals surface area contributed by atoms with Crippen molar-refractivity contribution in [2.24, 2.45) is 0 Å². The van der Waals surface area contributed by atoms with E-state index in [1.807, 2.05) is 0 Å². The summed E-state index contributed by atoms with van der Waals surface area (Å²) in [7, 11) is 0. The molecule has 0 saturated carbocycles. The molecule has 2 aliphatic rings. The van der Waals surface area contributed by atoms with Crippen LogP contribution in [0.4, 0.5) is 19.0 Å². The molecule has 1 aliphatic carbocycles. The number of allylic oxidation sites excluding steroid dienone is 3. The molecule has 0 saturated heterocycles. The van der Waals surface area contributed by atoms with E-state index in [2.05, 4.69) is 31.5 Å². The van der Waals surface area contributed by atoms with E-state index >= 15 is 0 Å². The Kier molecular flexibility index (Phi) is 5.94. The standard InChI is InChI=1S/C23H19BrF3N3O2/c1-12-19(22(32)30-18-10-9-13(24)11-28-18)20(21-16(29-12)7-4-8-17(21)31)14-5-2-3-6-15(14)23(25,26)27/h2-3,5-6,9-11,20,29H,4,7-8H2,1H3,(H,28,30,32)/t20-/m1/s1. The number of ketones is 1. The van der Waals surface area contributed by atoms with Crippen molar-refractivity contribution in [3.63, 3.8) is 0 Å². The number of alkyl halides is 3. The number of nitrogens with zero attached hydrogens (tertiary/aromatic N) is 1. The summed E-state index contributed by atoms with van der Waals surface area (Å²) in [6.45, 7) is 1.63. The summed E-state index contributed by atoms with van der Waals surface area (Å²) in [6.07, 6.45) is -1.77. The van der Waals surface area contributed by atoms with Crippen molar-refractivity contribution in [3.8, 4) is 0 Å². The van der Waals surface area contributed by atoms with E-state index in [1.165, 1.54) is 24.4 Å². The quantitative estimate of drug-likeness (QED) is 0.580. The summed E-state index contributed by atoms with van der Waals surface area (Å²) < 4.78 is 42.4. The van der Waals surface area contributed by atoms with Gasteiger partial charge in [-0.25, -0.2) is 4.98 Å². The lowest BCUT2D eigenvalue weighted by Gasteiger charge is -2.35. The average Bonchev–Trinajstić information content (AvgIpc) is 2.74. The van der Waals surface area contributed by atoms with Gasteiger partial charge in [0.15, 0.2) is 5.78 Å². The summed E-state index contributed by atoms with van der Waals surface area (Å²) in [5, 5.41) is 5.75. The number of aromatic nitrogens is 1. The molecule has 1 aliphatic heterocycles. The molecule has 0 fully saturated rings. The highest BCUT2D eigenvalue weighted by molar-refractivity contribution is 9.10. The summed E-state index contributed by atoms with van der Waals surface area (Å²) in [4.78, 5) is 30.3. The van der Waals surface area contributed by atoms with Crippen LogP contribution in [0.3, 0.4) is 0 Å². The highest BCUT2D eigenvalue weighted by Crippen LogP contribution is 2.46. The predicted molar refractivity (Wildman–Crippen MR) is 116 cm³/mol. The zero-order valence-electron chi connectivity index (χ0n) is 17.0. The largest absolute Gasteiger partial charge is 0.416 e. The number of rotatable bonds is 3. The minimum Gasteiger partial charge on any atom is -0.362 e. The molecular formula is C23H19BrF3N3O2. The lowest BCUT2D eigenvalue weighted by Crippen LogP contribution is -2.36. The molecule has 0 unspecified atom stereocenters. The van der Waals surface area contributed by atoms with Crippen molar-refractivity contribution in [2.75, 3.05) is 5.32 Å². The molecule has 0 bridgehead atoms. The third-order valence-electron chi connectivity index (χ3n) is 5.57. The minimum absolute atomic E-state index is 0.0698. The number of carbonyl (C=O) groups excluding carboxylic acids is 2. The Morgan fingerprint density at radius 1 is 1.19 bits per heavy atom. The maximum atomic E-state index is 13.9. The lowest BCUT2D eigenvalue weighted by atomic mass is 9.73. The summed E-state index contributed by atoms with van der Waals surface area (Å²) in [5.41, 5.74) is 0.316. The van der Waals surface area contributed by atoms with Crippen LogP contribution in [-0.4, -0.2) is 16.7 Å². The first-order valence-corrected chi connectivity index (χ1v) is 10.8. The third kappa shape index (κ3) is 4.21. The van der Waals surface area contributed by atoms with Gasteiger partial charge in [-0.1, -0.05) is 18.2 Å². The zero-order valence-corrected chi connectivity index (χ0v) is 18.6. The van der Waals surface area contributed by atoms with Crippen molar-refractivity contribution in [1.82, 2.24) is 10.3 Å². The fourth-order valence-electron chi connectivity index (χ4n) is 4.24. The van der Waals surface area contributed by atoms with Crippen LogP contribution in [0.15, 0.2) is 69.6 Å². The normalized spacial score (nSPS) is 18.9. The number of anilines is 1. The summed E-state index contributed by atoms with van der Waals surface area (Å²) in [6, 6.07) is 8.36. The van der Waals surface area contributed by atoms with Gasteiger partial charge < -0.3 is 10.6 Å². The molecule has 0 spiro atoms. The Balaban J connectivity index is 1.86. The second-order valence-corrected chi connectivity index (χ2v) is 8.58. The molecule has 9 heteroatoms. The first-order chi connectivity index (χ1) is 15.2. The van der Waals surface area contributed by atoms with E-state index in [-0.39, 0.29) is 34.7 Å². The van der Waals surface area contributed by atoms with Crippen molar-refractivity contribution in [2.45, 2.75) is 38.3 Å². The van der Waals surface area contributed by atoms with Gasteiger partial charge in [0.1, 0.15) is 5.82 Å². The van der Waals surface area contributed by atoms with E-state index in [4.69, 9.17) is 0 Å². The van der Waals surface area contributed by atoms with Crippen LogP contribution in [-0.2, 0) is 15.8 Å². The number of Topliss-reactive ketones (excluding diaryl/α,β-unsaturated/α-hetero) is 1. The van der Waals surface area contributed by atoms with Gasteiger partial charge in [0, 0.05) is 45.5 Å². The van der Waals surface area contributed by atoms with E-state index in [0.29, 0.717) is 28.7 Å². The van der Waals surface area contributed by atoms with Crippen LogP contribution >= 0.6 is 15.9 Å². The number of halogens is 4. The first-order valence-electron chi connectivity index (χ1n) is 10.00. The number of benzene rings is 1. The molecule has 2 aromatic rings. The fourth-order valence-corrected chi connectivity index (χ4v) is 4.47. The Morgan fingerprint density at radius 2 is 1.94 bits per heavy atom. The van der Waals surface area contributed by atoms with Crippen LogP contribution in [0.25, 0.3) is 0 Å². The number of nitrogens with one attached hydrogen (secondary N) is 2. The summed E-state index contributed by atoms with van der Waals surface area (Å²) in [5.74, 6) is -1.75. The van der Waals surface area contributed by atoms with Crippen LogP contribution < -0.4 is 10.6 Å². The molecule has 32 heavy (non-hydrogen) atoms. The number of hydrogen-bond acceptors (Lipinski definition) is 4. The SMILES string of the molecule is CC1=C(C(=O)Nc2ccc(Br)cn2)[C@@H](c2ccccc2C(F)(F)F)C2=C(CCCC2=O)N1. The van der Waals surface area contributed by atoms with Gasteiger partial charge in [0.05, 0.1) is 5.56 Å². The van der Waals surface area contributed by atoms with Crippen molar-refractivity contribution in [1.29, 1.82) is 0 Å². The molecular weight excluding hydrogens is 487 g/mol. The number of carbonyl (C=O) groups is 2. The van der Waals surface area contributed by atoms with Crippen molar-refractivity contribution in [3.05, 3.63) is 80.7 Å². The smallest absolute Gasteiger partial charge is 0.362 e. The molecule has 1 amide bonds. The Bertz CT molecular complexity index is 1150. The number of hydrogen-bond donors (Lipinski definition) is 2. The number of pyridine rings is 1. The molecule has 1 atom stereocenters. The van der Waals surface area contributed by atoms with Gasteiger partial charge in [0.25, 0.3) is 5.91 Å². The van der Waals surface area contributed by atoms with E-state index < -0.39 is 23.6 Å². The molecule has 0 radical (unpaired) electrons. The second-order valence-electron chi connectivity index (χ2n) is 7.67. The topological polar surface area (TPSA) is 71.1 Å². The van der Waals surface area contributed by atoms with E-state index in [9.17, 15) is 22.8 Å². The zero-order chi connectivity index (χ0) is 23.0. The highest BCUT2D eigenvalue weighted by Gasteiger charge is 2.43. The highest BCUT2D eigenvalue weighted by atomic mass is 79.9. The van der Waals surface area contributed by atoms with Gasteiger partial charge in [-0.05, 0) is 59.5 Å². The third-order valence-corrected chi connectivity index (χ3v) is 6.04. The predicted octanol–water partition coefficient (Wildman–Crippen LogP) is 5.47. The molecule has 4 rings (SSSR count). The molecule has 2 N–H and O–H groups in total. The van der Waals surface area contributed by atoms with Crippen molar-refractivity contribution < 1.29 is 22.8 Å². The van der Waals surface area contributed by atoms with Crippen molar-refractivity contribution >= 4 is 33.4 Å². The molecule has 5 nitrogen and oxygen atoms in total. The summed E-state index contributed by atoms with van der Waals surface area (Å²) >= 11 is 3.26. The molecule has 166 valence electrons. The number of amides is 1. The van der Waals surface area contributed by atoms with Crippen LogP contribution in [0.5, 0.6) is 0 Å². The molecule has 1 aromatic heterocycles. The number of dihydropyridines is 1. The maximum absolute atomic E-state index is 13.9. The van der Waals surface area contributed by atoms with Gasteiger partial charge >= 0.3 is 6.18 Å². The van der Waals surface area contributed by atoms with Crippen LogP contribution in [0.2, 0.25) is 0 Å². The maximum Gasteiger partial charge on any atom is 0.416 e. The van der Waals surface area contributed by atoms with Gasteiger partial charge in [0.2, 0.25) is 0 Å². The second kappa shape index (κ2) is 8.54. The monoisotopic (exact) mass is 505 g/mol. The Hall–Kier alpha value is -2.94. The Labute approximate surface area is 190 Å². The lowest BCUT2D eigenvalue weighted by molar-refractivity contribution is -0.138. The van der Waals surface area contributed by atoms with Gasteiger partial charge in [-0.3, -0.25) is 9.59 Å². The Morgan fingerprint density at radius 3 is 2.62 bits per heavy atom. The van der Waals surface area contributed by atoms with Gasteiger partial charge in [-0.2, -0.15) is 13.2 Å². The molecule has 2 heterocycles. The average molecular weight is 506 g/mol. The fraction of sp³-hybridized carbons (Fsp3) is 0.261. The minimum atomic E-state index is -4.64. The first kappa shape index (κ1) is 22.3. The molecule has 1 aromatic carbocycles. The van der Waals surface area contributed by atoms with Gasteiger partial charge in [-0.15, -0.1) is 0 Å². The van der Waals surface area contributed by atoms with Crippen LogP contribution in [0, 0.1) is 0 Å². The van der Waals surface area contributed by atoms with Crippen LogP contribution in [0.1, 0.15) is 43.2 Å². The van der Waals surface area contributed by atoms with E-state index in [1.54, 1.807) is 19.1 Å².